The standard InChI is InChI=1S/C28H32N2O6/c1-4-5-6-7-11-16-30-25(27(31)36-28(30)32)21-14-15-23(24(17-21)33-3)34-18-22-19(2)35-26(29-22)20-12-9-8-10-13-20/h8-10,12-15,17,25H,4-7,11,16,18H2,1-3H3. The van der Waals surface area contributed by atoms with E-state index >= 15 is 0 Å². The number of rotatable bonds is 12. The van der Waals surface area contributed by atoms with Crippen molar-refractivity contribution in [3.8, 4) is 23.0 Å². The van der Waals surface area contributed by atoms with E-state index in [1.807, 2.05) is 37.3 Å². The third kappa shape index (κ3) is 5.70. The summed E-state index contributed by atoms with van der Waals surface area (Å²) >= 11 is 0. The molecule has 1 amide bonds. The van der Waals surface area contributed by atoms with Gasteiger partial charge in [-0.25, -0.2) is 14.6 Å². The number of nitrogens with zero attached hydrogens (tertiary/aromatic N) is 2. The summed E-state index contributed by atoms with van der Waals surface area (Å²) in [5.74, 6) is 1.58. The van der Waals surface area contributed by atoms with Crippen molar-refractivity contribution in [2.45, 2.75) is 58.6 Å². The third-order valence-electron chi connectivity index (χ3n) is 6.24. The van der Waals surface area contributed by atoms with Gasteiger partial charge in [-0.15, -0.1) is 0 Å². The van der Waals surface area contributed by atoms with Crippen LogP contribution in [0.5, 0.6) is 11.5 Å². The molecule has 1 unspecified atom stereocenters. The lowest BCUT2D eigenvalue weighted by Crippen LogP contribution is -2.29. The van der Waals surface area contributed by atoms with E-state index in [1.165, 1.54) is 12.0 Å². The molecule has 0 saturated carbocycles. The van der Waals surface area contributed by atoms with Gasteiger partial charge in [-0.2, -0.15) is 0 Å². The Morgan fingerprint density at radius 3 is 2.53 bits per heavy atom. The number of methoxy groups -OCH3 is 1. The Morgan fingerprint density at radius 1 is 1.00 bits per heavy atom. The molecule has 1 aliphatic rings. The number of benzene rings is 2. The first kappa shape index (κ1) is 25.3. The third-order valence-corrected chi connectivity index (χ3v) is 6.24. The highest BCUT2D eigenvalue weighted by Crippen LogP contribution is 2.36. The van der Waals surface area contributed by atoms with Crippen molar-refractivity contribution in [2.75, 3.05) is 13.7 Å². The van der Waals surface area contributed by atoms with Crippen LogP contribution in [-0.4, -0.2) is 35.6 Å². The molecule has 1 atom stereocenters. The fourth-order valence-electron chi connectivity index (χ4n) is 4.24. The zero-order valence-corrected chi connectivity index (χ0v) is 21.0. The maximum atomic E-state index is 12.5. The maximum absolute atomic E-state index is 12.5. The lowest BCUT2D eigenvalue weighted by atomic mass is 10.0. The second-order valence-corrected chi connectivity index (χ2v) is 8.78. The van der Waals surface area contributed by atoms with Gasteiger partial charge in [0, 0.05) is 12.1 Å². The molecule has 0 aliphatic carbocycles. The highest BCUT2D eigenvalue weighted by atomic mass is 16.6. The van der Waals surface area contributed by atoms with Crippen LogP contribution in [0.2, 0.25) is 0 Å². The van der Waals surface area contributed by atoms with Gasteiger partial charge in [-0.05, 0) is 43.2 Å². The number of carbonyl (C=O) groups excluding carboxylic acids is 2. The van der Waals surface area contributed by atoms with Crippen molar-refractivity contribution in [3.63, 3.8) is 0 Å². The van der Waals surface area contributed by atoms with E-state index in [-0.39, 0.29) is 6.61 Å². The van der Waals surface area contributed by atoms with E-state index in [0.717, 1.165) is 37.7 Å². The van der Waals surface area contributed by atoms with Crippen molar-refractivity contribution in [2.24, 2.45) is 0 Å². The molecular formula is C28H32N2O6. The SMILES string of the molecule is CCCCCCCN1C(=O)OC(=O)C1c1ccc(OCc2nc(-c3ccccc3)oc2C)c(OC)c1. The Labute approximate surface area is 211 Å². The minimum Gasteiger partial charge on any atom is -0.493 e. The first-order valence-corrected chi connectivity index (χ1v) is 12.4. The van der Waals surface area contributed by atoms with Crippen LogP contribution >= 0.6 is 0 Å². The predicted octanol–water partition coefficient (Wildman–Crippen LogP) is 6.23. The number of amides is 1. The van der Waals surface area contributed by atoms with E-state index in [9.17, 15) is 9.59 Å². The van der Waals surface area contributed by atoms with Gasteiger partial charge < -0.3 is 18.6 Å². The van der Waals surface area contributed by atoms with Crippen molar-refractivity contribution < 1.29 is 28.2 Å². The zero-order chi connectivity index (χ0) is 25.5. The van der Waals surface area contributed by atoms with Gasteiger partial charge in [0.1, 0.15) is 18.1 Å². The highest BCUT2D eigenvalue weighted by molar-refractivity contribution is 5.96. The van der Waals surface area contributed by atoms with E-state index in [2.05, 4.69) is 11.9 Å². The van der Waals surface area contributed by atoms with E-state index in [0.29, 0.717) is 41.0 Å². The number of oxazole rings is 1. The minimum absolute atomic E-state index is 0.186. The molecule has 1 saturated heterocycles. The van der Waals surface area contributed by atoms with Crippen LogP contribution in [0.1, 0.15) is 62.1 Å². The quantitative estimate of drug-likeness (QED) is 0.168. The summed E-state index contributed by atoms with van der Waals surface area (Å²) in [6, 6.07) is 14.1. The molecule has 8 heteroatoms. The number of carbonyl (C=O) groups is 2. The Morgan fingerprint density at radius 2 is 1.78 bits per heavy atom. The number of aryl methyl sites for hydroxylation is 1. The number of unbranched alkanes of at least 4 members (excludes halogenated alkanes) is 4. The summed E-state index contributed by atoms with van der Waals surface area (Å²) < 4.78 is 22.3. The second-order valence-electron chi connectivity index (χ2n) is 8.78. The molecule has 0 radical (unpaired) electrons. The minimum atomic E-state index is -0.794. The van der Waals surface area contributed by atoms with Gasteiger partial charge in [-0.3, -0.25) is 4.90 Å². The van der Waals surface area contributed by atoms with E-state index in [1.54, 1.807) is 18.2 Å². The number of esters is 1. The number of ether oxygens (including phenoxy) is 3. The summed E-state index contributed by atoms with van der Waals surface area (Å²) in [5, 5.41) is 0. The van der Waals surface area contributed by atoms with Crippen LogP contribution in [0.15, 0.2) is 52.9 Å². The normalized spacial score (nSPS) is 15.3. The fourth-order valence-corrected chi connectivity index (χ4v) is 4.24. The number of aromatic nitrogens is 1. The molecule has 8 nitrogen and oxygen atoms in total. The molecule has 3 aromatic rings. The summed E-state index contributed by atoms with van der Waals surface area (Å²) in [6.07, 6.45) is 4.63. The topological polar surface area (TPSA) is 91.1 Å². The molecule has 4 rings (SSSR count). The first-order chi connectivity index (χ1) is 17.5. The fraction of sp³-hybridized carbons (Fsp3) is 0.393. The van der Waals surface area contributed by atoms with Gasteiger partial charge in [0.25, 0.3) is 0 Å². The maximum Gasteiger partial charge on any atom is 0.418 e. The van der Waals surface area contributed by atoms with Gasteiger partial charge >= 0.3 is 12.1 Å². The molecule has 2 aromatic carbocycles. The van der Waals surface area contributed by atoms with Gasteiger partial charge in [0.2, 0.25) is 5.89 Å². The van der Waals surface area contributed by atoms with Crippen LogP contribution in [0.25, 0.3) is 11.5 Å². The number of hydrogen-bond donors (Lipinski definition) is 0. The predicted molar refractivity (Wildman–Crippen MR) is 134 cm³/mol. The summed E-state index contributed by atoms with van der Waals surface area (Å²) in [6.45, 7) is 4.65. The molecule has 0 spiro atoms. The second kappa shape index (κ2) is 11.7. The Hall–Kier alpha value is -3.81. The van der Waals surface area contributed by atoms with Crippen molar-refractivity contribution in [1.29, 1.82) is 0 Å². The van der Waals surface area contributed by atoms with Gasteiger partial charge in [-0.1, -0.05) is 56.9 Å². The van der Waals surface area contributed by atoms with Crippen molar-refractivity contribution in [3.05, 3.63) is 65.5 Å². The molecule has 1 aromatic heterocycles. The molecular weight excluding hydrogens is 460 g/mol. The highest BCUT2D eigenvalue weighted by Gasteiger charge is 2.42. The first-order valence-electron chi connectivity index (χ1n) is 12.4. The lowest BCUT2D eigenvalue weighted by molar-refractivity contribution is -0.136. The molecule has 1 fully saturated rings. The Kier molecular flexibility index (Phi) is 8.25. The van der Waals surface area contributed by atoms with Gasteiger partial charge in [0.05, 0.1) is 7.11 Å². The van der Waals surface area contributed by atoms with Crippen LogP contribution in [0.4, 0.5) is 4.79 Å². The van der Waals surface area contributed by atoms with Crippen LogP contribution in [0, 0.1) is 6.92 Å². The van der Waals surface area contributed by atoms with Crippen LogP contribution in [-0.2, 0) is 16.1 Å². The average molecular weight is 493 g/mol. The van der Waals surface area contributed by atoms with Crippen molar-refractivity contribution in [1.82, 2.24) is 9.88 Å². The summed E-state index contributed by atoms with van der Waals surface area (Å²) in [5.41, 5.74) is 2.19. The molecule has 36 heavy (non-hydrogen) atoms. The largest absolute Gasteiger partial charge is 0.493 e. The molecule has 1 aliphatic heterocycles. The molecule has 2 heterocycles. The average Bonchev–Trinajstić information content (AvgIpc) is 3.40. The Bertz CT molecular complexity index is 1190. The molecule has 190 valence electrons. The lowest BCUT2D eigenvalue weighted by Gasteiger charge is -2.21. The van der Waals surface area contributed by atoms with Crippen LogP contribution < -0.4 is 9.47 Å². The Balaban J connectivity index is 1.46. The molecule has 0 N–H and O–H groups in total. The molecule has 0 bridgehead atoms. The van der Waals surface area contributed by atoms with E-state index in [4.69, 9.17) is 18.6 Å². The monoisotopic (exact) mass is 492 g/mol. The number of cyclic esters (lactones) is 2. The smallest absolute Gasteiger partial charge is 0.418 e. The summed E-state index contributed by atoms with van der Waals surface area (Å²) in [7, 11) is 1.53. The van der Waals surface area contributed by atoms with E-state index < -0.39 is 18.1 Å². The number of hydrogen-bond acceptors (Lipinski definition) is 7. The van der Waals surface area contributed by atoms with Crippen LogP contribution in [0.3, 0.4) is 0 Å². The van der Waals surface area contributed by atoms with Gasteiger partial charge in [0.15, 0.2) is 17.5 Å². The zero-order valence-electron chi connectivity index (χ0n) is 21.0. The van der Waals surface area contributed by atoms with Crippen molar-refractivity contribution >= 4 is 12.1 Å². The summed E-state index contributed by atoms with van der Waals surface area (Å²) in [4.78, 5) is 30.9.